The lowest BCUT2D eigenvalue weighted by atomic mass is 10.1. The maximum atomic E-state index is 12.7. The van der Waals surface area contributed by atoms with Gasteiger partial charge in [-0.15, -0.1) is 0 Å². The molecule has 2 aromatic rings. The fraction of sp³-hybridized carbons (Fsp3) is 0.500. The van der Waals surface area contributed by atoms with Gasteiger partial charge in [0.05, 0.1) is 23.6 Å². The van der Waals surface area contributed by atoms with Crippen molar-refractivity contribution in [2.24, 2.45) is 0 Å². The van der Waals surface area contributed by atoms with Gasteiger partial charge in [-0.05, 0) is 43.9 Å². The summed E-state index contributed by atoms with van der Waals surface area (Å²) in [5.74, 6) is 0.514. The minimum atomic E-state index is -3.45. The van der Waals surface area contributed by atoms with Crippen molar-refractivity contribution in [3.05, 3.63) is 42.1 Å². The number of amides is 1. The normalized spacial score (nSPS) is 16.6. The Hall–Kier alpha value is -2.19. The van der Waals surface area contributed by atoms with Crippen LogP contribution in [0.15, 0.2) is 41.4 Å². The minimum Gasteiger partial charge on any atom is -0.311 e. The number of sulfonamides is 1. The molecule has 3 rings (SSSR count). The lowest BCUT2D eigenvalue weighted by molar-refractivity contribution is -0.115. The van der Waals surface area contributed by atoms with Crippen LogP contribution in [-0.4, -0.2) is 41.5 Å². The molecule has 8 heteroatoms. The molecule has 1 amide bonds. The highest BCUT2D eigenvalue weighted by Crippen LogP contribution is 2.21. The Labute approximate surface area is 166 Å². The molecule has 1 unspecified atom stereocenters. The summed E-state index contributed by atoms with van der Waals surface area (Å²) in [7, 11) is -3.45. The highest BCUT2D eigenvalue weighted by atomic mass is 32.2. The van der Waals surface area contributed by atoms with E-state index in [2.05, 4.69) is 17.3 Å². The first kappa shape index (κ1) is 20.5. The molecule has 1 atom stereocenters. The van der Waals surface area contributed by atoms with Crippen molar-refractivity contribution >= 4 is 21.7 Å². The zero-order valence-electron chi connectivity index (χ0n) is 16.5. The molecule has 0 spiro atoms. The van der Waals surface area contributed by atoms with Gasteiger partial charge in [0.2, 0.25) is 15.9 Å². The SMILES string of the molecule is CCC(C)n1nccc1NC(=O)Cc1ccc(S(=O)(=O)N2CCCCC2)cc1. The van der Waals surface area contributed by atoms with Crippen molar-refractivity contribution in [2.45, 2.75) is 56.9 Å². The Morgan fingerprint density at radius 3 is 2.46 bits per heavy atom. The van der Waals surface area contributed by atoms with E-state index < -0.39 is 10.0 Å². The number of anilines is 1. The largest absolute Gasteiger partial charge is 0.311 e. The van der Waals surface area contributed by atoms with Crippen LogP contribution < -0.4 is 5.32 Å². The second-order valence-electron chi connectivity index (χ2n) is 7.25. The number of nitrogens with zero attached hydrogens (tertiary/aromatic N) is 3. The molecule has 1 aliphatic rings. The average molecular weight is 405 g/mol. The average Bonchev–Trinajstić information content (AvgIpc) is 3.16. The topological polar surface area (TPSA) is 84.3 Å². The van der Waals surface area contributed by atoms with Crippen molar-refractivity contribution in [3.63, 3.8) is 0 Å². The summed E-state index contributed by atoms with van der Waals surface area (Å²) in [6.45, 7) is 5.27. The quantitative estimate of drug-likeness (QED) is 0.768. The molecule has 152 valence electrons. The lowest BCUT2D eigenvalue weighted by Crippen LogP contribution is -2.35. The van der Waals surface area contributed by atoms with Gasteiger partial charge in [0, 0.05) is 19.2 Å². The summed E-state index contributed by atoms with van der Waals surface area (Å²) < 4.78 is 28.7. The highest BCUT2D eigenvalue weighted by molar-refractivity contribution is 7.89. The van der Waals surface area contributed by atoms with Crippen LogP contribution in [0.4, 0.5) is 5.82 Å². The van der Waals surface area contributed by atoms with Gasteiger partial charge in [-0.3, -0.25) is 4.79 Å². The third kappa shape index (κ3) is 4.62. The monoisotopic (exact) mass is 404 g/mol. The minimum absolute atomic E-state index is 0.156. The molecule has 28 heavy (non-hydrogen) atoms. The zero-order chi connectivity index (χ0) is 20.1. The van der Waals surface area contributed by atoms with E-state index in [4.69, 9.17) is 0 Å². The number of carbonyl (C=O) groups is 1. The van der Waals surface area contributed by atoms with Crippen LogP contribution in [0.5, 0.6) is 0 Å². The van der Waals surface area contributed by atoms with Gasteiger partial charge in [-0.25, -0.2) is 13.1 Å². The van der Waals surface area contributed by atoms with E-state index in [9.17, 15) is 13.2 Å². The summed E-state index contributed by atoms with van der Waals surface area (Å²) >= 11 is 0. The van der Waals surface area contributed by atoms with E-state index in [1.807, 2.05) is 6.92 Å². The Morgan fingerprint density at radius 2 is 1.82 bits per heavy atom. The molecule has 7 nitrogen and oxygen atoms in total. The predicted octanol–water partition coefficient (Wildman–Crippen LogP) is 3.21. The molecule has 1 saturated heterocycles. The molecule has 0 saturated carbocycles. The molecule has 1 aromatic heterocycles. The van der Waals surface area contributed by atoms with E-state index in [1.165, 1.54) is 0 Å². The summed E-state index contributed by atoms with van der Waals surface area (Å²) in [4.78, 5) is 12.7. The lowest BCUT2D eigenvalue weighted by Gasteiger charge is -2.25. The van der Waals surface area contributed by atoms with Crippen LogP contribution in [0.2, 0.25) is 0 Å². The van der Waals surface area contributed by atoms with Gasteiger partial charge in [0.1, 0.15) is 5.82 Å². The Bertz CT molecular complexity index is 900. The van der Waals surface area contributed by atoms with Crippen LogP contribution in [0.25, 0.3) is 0 Å². The smallest absolute Gasteiger partial charge is 0.243 e. The molecule has 2 heterocycles. The van der Waals surface area contributed by atoms with Gasteiger partial charge in [-0.1, -0.05) is 25.5 Å². The van der Waals surface area contributed by atoms with Crippen LogP contribution in [0.1, 0.15) is 51.1 Å². The number of nitrogens with one attached hydrogen (secondary N) is 1. The third-order valence-electron chi connectivity index (χ3n) is 5.19. The number of aromatic nitrogens is 2. The highest BCUT2D eigenvalue weighted by Gasteiger charge is 2.25. The van der Waals surface area contributed by atoms with Crippen LogP contribution in [-0.2, 0) is 21.2 Å². The number of hydrogen-bond acceptors (Lipinski definition) is 4. The standard InChI is InChI=1S/C20H28N4O3S/c1-3-16(2)24-19(11-12-21-24)22-20(25)15-17-7-9-18(10-8-17)28(26,27)23-13-5-4-6-14-23/h7-12,16H,3-6,13-15H2,1-2H3,(H,22,25). The summed E-state index contributed by atoms with van der Waals surface area (Å²) in [6.07, 6.45) is 5.65. The Balaban J connectivity index is 1.64. The van der Waals surface area contributed by atoms with Gasteiger partial charge in [-0.2, -0.15) is 9.40 Å². The molecular formula is C20H28N4O3S. The van der Waals surface area contributed by atoms with E-state index >= 15 is 0 Å². The number of hydrogen-bond donors (Lipinski definition) is 1. The number of rotatable bonds is 7. The molecule has 1 fully saturated rings. The van der Waals surface area contributed by atoms with Crippen molar-refractivity contribution in [3.8, 4) is 0 Å². The number of carbonyl (C=O) groups excluding carboxylic acids is 1. The molecule has 1 N–H and O–H groups in total. The molecule has 0 radical (unpaired) electrons. The van der Waals surface area contributed by atoms with Gasteiger partial charge in [0.15, 0.2) is 0 Å². The second kappa shape index (κ2) is 8.87. The third-order valence-corrected chi connectivity index (χ3v) is 7.10. The number of benzene rings is 1. The van der Waals surface area contributed by atoms with Crippen molar-refractivity contribution in [1.82, 2.24) is 14.1 Å². The Kier molecular flexibility index (Phi) is 6.51. The zero-order valence-corrected chi connectivity index (χ0v) is 17.3. The Morgan fingerprint density at radius 1 is 1.14 bits per heavy atom. The fourth-order valence-corrected chi connectivity index (χ4v) is 4.86. The fourth-order valence-electron chi connectivity index (χ4n) is 3.34. The van der Waals surface area contributed by atoms with Crippen molar-refractivity contribution < 1.29 is 13.2 Å². The summed E-state index contributed by atoms with van der Waals surface area (Å²) in [5.41, 5.74) is 0.768. The number of piperidine rings is 1. The molecule has 0 bridgehead atoms. The van der Waals surface area contributed by atoms with Crippen LogP contribution in [0, 0.1) is 0 Å². The maximum absolute atomic E-state index is 12.7. The van der Waals surface area contributed by atoms with Gasteiger partial charge < -0.3 is 5.32 Å². The maximum Gasteiger partial charge on any atom is 0.243 e. The van der Waals surface area contributed by atoms with Gasteiger partial charge in [0.25, 0.3) is 0 Å². The first-order valence-corrected chi connectivity index (χ1v) is 11.3. The predicted molar refractivity (Wildman–Crippen MR) is 109 cm³/mol. The molecular weight excluding hydrogens is 376 g/mol. The van der Waals surface area contributed by atoms with Crippen LogP contribution >= 0.6 is 0 Å². The molecule has 0 aliphatic carbocycles. The van der Waals surface area contributed by atoms with Crippen molar-refractivity contribution in [1.29, 1.82) is 0 Å². The molecule has 1 aliphatic heterocycles. The van der Waals surface area contributed by atoms with E-state index in [0.717, 1.165) is 31.2 Å². The van der Waals surface area contributed by atoms with Crippen LogP contribution in [0.3, 0.4) is 0 Å². The van der Waals surface area contributed by atoms with E-state index in [0.29, 0.717) is 18.9 Å². The van der Waals surface area contributed by atoms with Gasteiger partial charge >= 0.3 is 0 Å². The first-order valence-electron chi connectivity index (χ1n) is 9.84. The molecule has 1 aromatic carbocycles. The van der Waals surface area contributed by atoms with E-state index in [1.54, 1.807) is 45.5 Å². The van der Waals surface area contributed by atoms with Crippen molar-refractivity contribution in [2.75, 3.05) is 18.4 Å². The van der Waals surface area contributed by atoms with E-state index in [-0.39, 0.29) is 23.3 Å². The summed E-state index contributed by atoms with van der Waals surface area (Å²) in [6, 6.07) is 8.58. The first-order chi connectivity index (χ1) is 13.4. The summed E-state index contributed by atoms with van der Waals surface area (Å²) in [5, 5.41) is 7.15. The second-order valence-corrected chi connectivity index (χ2v) is 9.19.